The van der Waals surface area contributed by atoms with Crippen LogP contribution in [0.25, 0.3) is 5.95 Å². The number of hydrogen-bond donors (Lipinski definition) is 1. The second-order valence-corrected chi connectivity index (χ2v) is 9.69. The van der Waals surface area contributed by atoms with Gasteiger partial charge in [-0.05, 0) is 65.5 Å². The van der Waals surface area contributed by atoms with Crippen LogP contribution in [0.1, 0.15) is 68.5 Å². The van der Waals surface area contributed by atoms with Gasteiger partial charge in [0.05, 0.1) is 30.2 Å². The summed E-state index contributed by atoms with van der Waals surface area (Å²) >= 11 is 0.930. The van der Waals surface area contributed by atoms with Crippen LogP contribution in [0.5, 0.6) is 0 Å². The molecule has 0 radical (unpaired) electrons. The minimum atomic E-state index is -0.665. The zero-order valence-electron chi connectivity index (χ0n) is 21.5. The van der Waals surface area contributed by atoms with Gasteiger partial charge >= 0.3 is 11.9 Å². The fraction of sp³-hybridized carbons (Fsp3) is 0.440. The first kappa shape index (κ1) is 26.3. The van der Waals surface area contributed by atoms with Crippen LogP contribution in [-0.2, 0) is 33.7 Å². The highest BCUT2D eigenvalue weighted by Gasteiger charge is 2.28. The number of hydrogen-bond acceptors (Lipinski definition) is 9. The molecular formula is C25H29N5O6S. The van der Waals surface area contributed by atoms with Crippen LogP contribution in [0.3, 0.4) is 0 Å². The van der Waals surface area contributed by atoms with Crippen molar-refractivity contribution in [2.75, 3.05) is 18.5 Å². The molecule has 3 aromatic rings. The van der Waals surface area contributed by atoms with E-state index in [9.17, 15) is 19.2 Å². The Morgan fingerprint density at radius 1 is 1.08 bits per heavy atom. The van der Waals surface area contributed by atoms with E-state index in [4.69, 9.17) is 14.5 Å². The van der Waals surface area contributed by atoms with Crippen LogP contribution in [-0.4, -0.2) is 50.4 Å². The second-order valence-electron chi connectivity index (χ2n) is 8.67. The van der Waals surface area contributed by atoms with Crippen LogP contribution in [0, 0.1) is 20.8 Å². The number of thiophene rings is 1. The maximum Gasteiger partial charge on any atom is 0.348 e. The number of aryl methyl sites for hydroxylation is 3. The number of esters is 2. The summed E-state index contributed by atoms with van der Waals surface area (Å²) in [5.41, 5.74) is 3.00. The number of ether oxygens (including phenoxy) is 2. The molecule has 0 aliphatic heterocycles. The lowest BCUT2D eigenvalue weighted by molar-refractivity contribution is -0.116. The third-order valence-electron chi connectivity index (χ3n) is 6.01. The van der Waals surface area contributed by atoms with Crippen molar-refractivity contribution < 1.29 is 23.9 Å². The predicted molar refractivity (Wildman–Crippen MR) is 137 cm³/mol. The van der Waals surface area contributed by atoms with Gasteiger partial charge in [-0.2, -0.15) is 5.10 Å². The lowest BCUT2D eigenvalue weighted by Crippen LogP contribution is -2.34. The molecule has 0 spiro atoms. The average molecular weight is 528 g/mol. The lowest BCUT2D eigenvalue weighted by Gasteiger charge is -2.15. The molecule has 196 valence electrons. The molecule has 1 aliphatic rings. The van der Waals surface area contributed by atoms with Crippen molar-refractivity contribution in [2.45, 2.75) is 60.4 Å². The first-order valence-electron chi connectivity index (χ1n) is 12.1. The number of carbonyl (C=O) groups is 3. The normalized spacial score (nSPS) is 12.4. The number of aromatic nitrogens is 4. The number of fused-ring (bicyclic) bond motifs is 1. The number of anilines is 1. The number of nitrogens with one attached hydrogen (secondary N) is 1. The molecule has 0 bridgehead atoms. The van der Waals surface area contributed by atoms with Gasteiger partial charge in [0.15, 0.2) is 0 Å². The first-order valence-corrected chi connectivity index (χ1v) is 12.9. The topological polar surface area (TPSA) is 134 Å². The summed E-state index contributed by atoms with van der Waals surface area (Å²) in [6.07, 6.45) is 2.11. The Morgan fingerprint density at radius 3 is 2.43 bits per heavy atom. The van der Waals surface area contributed by atoms with Gasteiger partial charge in [0.1, 0.15) is 16.4 Å². The van der Waals surface area contributed by atoms with Gasteiger partial charge in [-0.15, -0.1) is 11.3 Å². The number of carbonyl (C=O) groups excluding carboxylic acids is 3. The summed E-state index contributed by atoms with van der Waals surface area (Å²) in [6, 6.07) is 1.86. The van der Waals surface area contributed by atoms with Crippen molar-refractivity contribution in [3.63, 3.8) is 0 Å². The summed E-state index contributed by atoms with van der Waals surface area (Å²) in [4.78, 5) is 56.7. The summed E-state index contributed by atoms with van der Waals surface area (Å²) in [5, 5.41) is 7.32. The Hall–Kier alpha value is -3.80. The third-order valence-corrected chi connectivity index (χ3v) is 7.20. The molecule has 1 N–H and O–H groups in total. The maximum atomic E-state index is 13.4. The quantitative estimate of drug-likeness (QED) is 0.442. The smallest absolute Gasteiger partial charge is 0.348 e. The first-order chi connectivity index (χ1) is 17.7. The van der Waals surface area contributed by atoms with E-state index in [0.29, 0.717) is 24.0 Å². The fourth-order valence-corrected chi connectivity index (χ4v) is 5.51. The maximum absolute atomic E-state index is 13.4. The SMILES string of the molecule is CCOC(=O)c1sc(NC(=O)Cn2c(-n3nc(C)cc3C)nc3c(c2=O)CCC3)c(C(=O)OCC)c1C. The van der Waals surface area contributed by atoms with E-state index in [-0.39, 0.29) is 46.7 Å². The van der Waals surface area contributed by atoms with Gasteiger partial charge in [0.2, 0.25) is 11.9 Å². The number of amides is 1. The van der Waals surface area contributed by atoms with Crippen LogP contribution in [0.15, 0.2) is 10.9 Å². The zero-order valence-corrected chi connectivity index (χ0v) is 22.3. The van der Waals surface area contributed by atoms with Gasteiger partial charge in [-0.1, -0.05) is 0 Å². The number of rotatable bonds is 8. The summed E-state index contributed by atoms with van der Waals surface area (Å²) < 4.78 is 13.1. The highest BCUT2D eigenvalue weighted by Crippen LogP contribution is 2.34. The standard InChI is InChI=1S/C25H29N5O6S/c1-6-35-23(33)19-15(5)20(24(34)36-7-2)37-21(19)27-18(31)12-29-22(32)16-9-8-10-17(16)26-25(29)30-14(4)11-13(3)28-30/h11H,6-10,12H2,1-5H3,(H,27,31). The highest BCUT2D eigenvalue weighted by atomic mass is 32.1. The molecule has 4 rings (SSSR count). The fourth-order valence-electron chi connectivity index (χ4n) is 4.40. The van der Waals surface area contributed by atoms with E-state index >= 15 is 0 Å². The molecule has 0 fully saturated rings. The molecule has 0 saturated heterocycles. The molecule has 11 nitrogen and oxygen atoms in total. The molecule has 37 heavy (non-hydrogen) atoms. The van der Waals surface area contributed by atoms with Crippen LogP contribution in [0.4, 0.5) is 5.00 Å². The Bertz CT molecular complexity index is 1450. The minimum absolute atomic E-state index is 0.0847. The largest absolute Gasteiger partial charge is 0.462 e. The Morgan fingerprint density at radius 2 is 1.78 bits per heavy atom. The van der Waals surface area contributed by atoms with Crippen molar-refractivity contribution in [1.82, 2.24) is 19.3 Å². The Kier molecular flexibility index (Phi) is 7.58. The highest BCUT2D eigenvalue weighted by molar-refractivity contribution is 7.18. The van der Waals surface area contributed by atoms with Crippen molar-refractivity contribution in [3.05, 3.63) is 55.1 Å². The molecule has 0 aromatic carbocycles. The monoisotopic (exact) mass is 527 g/mol. The van der Waals surface area contributed by atoms with Gasteiger partial charge in [-0.3, -0.25) is 14.2 Å². The van der Waals surface area contributed by atoms with Crippen molar-refractivity contribution in [2.24, 2.45) is 0 Å². The third kappa shape index (κ3) is 5.06. The molecule has 12 heteroatoms. The molecule has 1 aliphatic carbocycles. The van der Waals surface area contributed by atoms with Gasteiger partial charge in [0.25, 0.3) is 5.56 Å². The summed E-state index contributed by atoms with van der Waals surface area (Å²) in [6.45, 7) is 8.55. The second kappa shape index (κ2) is 10.7. The zero-order chi connectivity index (χ0) is 26.9. The van der Waals surface area contributed by atoms with Gasteiger partial charge in [-0.25, -0.2) is 19.3 Å². The molecule has 0 unspecified atom stereocenters. The summed E-state index contributed by atoms with van der Waals surface area (Å²) in [5.74, 6) is -1.57. The van der Waals surface area contributed by atoms with Crippen molar-refractivity contribution >= 4 is 34.2 Å². The average Bonchev–Trinajstić information content (AvgIpc) is 3.53. The molecule has 0 atom stereocenters. The number of nitrogens with zero attached hydrogens (tertiary/aromatic N) is 4. The van der Waals surface area contributed by atoms with Crippen LogP contribution >= 0.6 is 11.3 Å². The Labute approximate surface area is 217 Å². The van der Waals surface area contributed by atoms with Crippen molar-refractivity contribution in [3.8, 4) is 5.95 Å². The molecular weight excluding hydrogens is 498 g/mol. The van der Waals surface area contributed by atoms with Crippen LogP contribution < -0.4 is 10.9 Å². The Balaban J connectivity index is 1.72. The van der Waals surface area contributed by atoms with Crippen LogP contribution in [0.2, 0.25) is 0 Å². The van der Waals surface area contributed by atoms with E-state index in [1.165, 1.54) is 4.57 Å². The lowest BCUT2D eigenvalue weighted by atomic mass is 10.1. The molecule has 0 saturated carbocycles. The van der Waals surface area contributed by atoms with E-state index in [1.807, 2.05) is 19.9 Å². The van der Waals surface area contributed by atoms with E-state index in [2.05, 4.69) is 10.4 Å². The summed E-state index contributed by atoms with van der Waals surface area (Å²) in [7, 11) is 0. The van der Waals surface area contributed by atoms with E-state index in [1.54, 1.807) is 25.5 Å². The molecule has 3 aromatic heterocycles. The van der Waals surface area contributed by atoms with Gasteiger partial charge in [0, 0.05) is 11.3 Å². The van der Waals surface area contributed by atoms with Gasteiger partial charge < -0.3 is 14.8 Å². The molecule has 3 heterocycles. The minimum Gasteiger partial charge on any atom is -0.462 e. The van der Waals surface area contributed by atoms with Crippen molar-refractivity contribution in [1.29, 1.82) is 0 Å². The molecule has 1 amide bonds. The van der Waals surface area contributed by atoms with E-state index < -0.39 is 17.8 Å². The van der Waals surface area contributed by atoms with E-state index in [0.717, 1.165) is 34.8 Å². The predicted octanol–water partition coefficient (Wildman–Crippen LogP) is 2.90.